The van der Waals surface area contributed by atoms with Crippen LogP contribution in [-0.2, 0) is 11.3 Å². The zero-order valence-electron chi connectivity index (χ0n) is 15.9. The van der Waals surface area contributed by atoms with Crippen LogP contribution in [0.1, 0.15) is 26.2 Å². The van der Waals surface area contributed by atoms with Gasteiger partial charge in [0.25, 0.3) is 0 Å². The van der Waals surface area contributed by atoms with E-state index in [4.69, 9.17) is 4.74 Å². The number of aromatic nitrogens is 3. The predicted molar refractivity (Wildman–Crippen MR) is 112 cm³/mol. The minimum absolute atomic E-state index is 0.114. The van der Waals surface area contributed by atoms with Crippen LogP contribution in [0.4, 0.5) is 5.69 Å². The summed E-state index contributed by atoms with van der Waals surface area (Å²) in [6.45, 7) is 3.05. The summed E-state index contributed by atoms with van der Waals surface area (Å²) in [5, 5.41) is 11.8. The Morgan fingerprint density at radius 3 is 2.71 bits per heavy atom. The molecule has 1 amide bonds. The number of anilines is 1. The van der Waals surface area contributed by atoms with Crippen molar-refractivity contribution in [2.75, 3.05) is 11.1 Å². The maximum Gasteiger partial charge on any atom is 0.234 e. The standard InChI is InChI=1S/C21H24N4O2S/c1-2-3-9-14-25-16-22-24-21(25)28-15-20(26)23-18-12-7-8-13-19(18)27-17-10-5-4-6-11-17/h4-8,10-13,16H,2-3,9,14-15H2,1H3,(H,23,26). The number of nitrogens with one attached hydrogen (secondary N) is 1. The lowest BCUT2D eigenvalue weighted by Gasteiger charge is -2.12. The highest BCUT2D eigenvalue weighted by atomic mass is 32.2. The average molecular weight is 397 g/mol. The average Bonchev–Trinajstić information content (AvgIpc) is 3.16. The second kappa shape index (κ2) is 10.5. The molecule has 2 aromatic carbocycles. The Morgan fingerprint density at radius 1 is 1.11 bits per heavy atom. The number of thioether (sulfide) groups is 1. The normalized spacial score (nSPS) is 10.6. The molecule has 0 aliphatic rings. The van der Waals surface area contributed by atoms with Crippen LogP contribution in [0, 0.1) is 0 Å². The van der Waals surface area contributed by atoms with E-state index in [-0.39, 0.29) is 11.7 Å². The molecule has 1 aromatic heterocycles. The van der Waals surface area contributed by atoms with Gasteiger partial charge in [0.05, 0.1) is 11.4 Å². The van der Waals surface area contributed by atoms with E-state index < -0.39 is 0 Å². The van der Waals surface area contributed by atoms with Gasteiger partial charge < -0.3 is 14.6 Å². The quantitative estimate of drug-likeness (QED) is 0.386. The third kappa shape index (κ3) is 5.85. The first-order chi connectivity index (χ1) is 13.8. The van der Waals surface area contributed by atoms with E-state index in [1.807, 2.05) is 59.2 Å². The van der Waals surface area contributed by atoms with Gasteiger partial charge in [-0.25, -0.2) is 0 Å². The van der Waals surface area contributed by atoms with Crippen molar-refractivity contribution in [2.45, 2.75) is 37.9 Å². The zero-order valence-corrected chi connectivity index (χ0v) is 16.7. The van der Waals surface area contributed by atoms with Crippen molar-refractivity contribution in [3.8, 4) is 11.5 Å². The van der Waals surface area contributed by atoms with Crippen LogP contribution in [0.25, 0.3) is 0 Å². The van der Waals surface area contributed by atoms with E-state index in [1.165, 1.54) is 18.2 Å². The zero-order chi connectivity index (χ0) is 19.6. The summed E-state index contributed by atoms with van der Waals surface area (Å²) in [6, 6.07) is 16.9. The summed E-state index contributed by atoms with van der Waals surface area (Å²) in [7, 11) is 0. The van der Waals surface area contributed by atoms with Gasteiger partial charge in [-0.15, -0.1) is 10.2 Å². The Kier molecular flexibility index (Phi) is 7.49. The number of rotatable bonds is 10. The lowest BCUT2D eigenvalue weighted by atomic mass is 10.2. The number of aryl methyl sites for hydroxylation is 1. The van der Waals surface area contributed by atoms with Crippen LogP contribution in [-0.4, -0.2) is 26.4 Å². The fourth-order valence-corrected chi connectivity index (χ4v) is 3.37. The van der Waals surface area contributed by atoms with Crippen LogP contribution >= 0.6 is 11.8 Å². The molecule has 0 unspecified atom stereocenters. The van der Waals surface area contributed by atoms with Crippen molar-refractivity contribution < 1.29 is 9.53 Å². The minimum Gasteiger partial charge on any atom is -0.455 e. The molecule has 3 aromatic rings. The molecule has 0 fully saturated rings. The first-order valence-corrected chi connectivity index (χ1v) is 10.4. The van der Waals surface area contributed by atoms with E-state index >= 15 is 0 Å². The minimum atomic E-state index is -0.114. The molecule has 6 nitrogen and oxygen atoms in total. The highest BCUT2D eigenvalue weighted by Gasteiger charge is 2.11. The van der Waals surface area contributed by atoms with Crippen LogP contribution in [0.3, 0.4) is 0 Å². The maximum atomic E-state index is 12.4. The molecule has 0 bridgehead atoms. The molecular weight excluding hydrogens is 372 g/mol. The van der Waals surface area contributed by atoms with Crippen LogP contribution in [0.5, 0.6) is 11.5 Å². The van der Waals surface area contributed by atoms with Crippen molar-refractivity contribution in [1.29, 1.82) is 0 Å². The molecule has 0 atom stereocenters. The van der Waals surface area contributed by atoms with Gasteiger partial charge in [0.15, 0.2) is 10.9 Å². The maximum absolute atomic E-state index is 12.4. The van der Waals surface area contributed by atoms with Crippen molar-refractivity contribution in [3.05, 3.63) is 60.9 Å². The Balaban J connectivity index is 1.56. The summed E-state index contributed by atoms with van der Waals surface area (Å²) >= 11 is 1.39. The number of hydrogen-bond donors (Lipinski definition) is 1. The molecule has 0 spiro atoms. The Hall–Kier alpha value is -2.80. The fraction of sp³-hybridized carbons (Fsp3) is 0.286. The third-order valence-corrected chi connectivity index (χ3v) is 5.03. The molecule has 0 radical (unpaired) electrons. The lowest BCUT2D eigenvalue weighted by molar-refractivity contribution is -0.113. The molecule has 1 heterocycles. The van der Waals surface area contributed by atoms with Gasteiger partial charge in [-0.3, -0.25) is 4.79 Å². The van der Waals surface area contributed by atoms with E-state index in [1.54, 1.807) is 6.33 Å². The third-order valence-electron chi connectivity index (χ3n) is 4.05. The number of nitrogens with zero attached hydrogens (tertiary/aromatic N) is 3. The van der Waals surface area contributed by atoms with Crippen molar-refractivity contribution in [3.63, 3.8) is 0 Å². The Labute approximate surface area is 169 Å². The van der Waals surface area contributed by atoms with Crippen LogP contribution < -0.4 is 10.1 Å². The molecular formula is C21H24N4O2S. The first-order valence-electron chi connectivity index (χ1n) is 9.38. The van der Waals surface area contributed by atoms with Gasteiger partial charge in [-0.2, -0.15) is 0 Å². The Bertz CT molecular complexity index is 883. The second-order valence-corrected chi connectivity index (χ2v) is 7.20. The van der Waals surface area contributed by atoms with E-state index in [0.717, 1.165) is 30.3 Å². The van der Waals surface area contributed by atoms with Crippen LogP contribution in [0.15, 0.2) is 66.1 Å². The molecule has 146 valence electrons. The number of carbonyl (C=O) groups is 1. The van der Waals surface area contributed by atoms with Gasteiger partial charge in [-0.1, -0.05) is 61.9 Å². The SMILES string of the molecule is CCCCCn1cnnc1SCC(=O)Nc1ccccc1Oc1ccccc1. The number of benzene rings is 2. The van der Waals surface area contributed by atoms with Crippen LogP contribution in [0.2, 0.25) is 0 Å². The summed E-state index contributed by atoms with van der Waals surface area (Å²) in [5.41, 5.74) is 0.640. The number of ether oxygens (including phenoxy) is 1. The van der Waals surface area contributed by atoms with E-state index in [2.05, 4.69) is 22.4 Å². The topological polar surface area (TPSA) is 69.0 Å². The van der Waals surface area contributed by atoms with Gasteiger partial charge in [0.2, 0.25) is 5.91 Å². The molecule has 0 saturated heterocycles. The van der Waals surface area contributed by atoms with Crippen molar-refractivity contribution >= 4 is 23.4 Å². The smallest absolute Gasteiger partial charge is 0.234 e. The first kappa shape index (κ1) is 19.9. The predicted octanol–water partition coefficient (Wildman–Crippen LogP) is 4.99. The lowest BCUT2D eigenvalue weighted by Crippen LogP contribution is -2.15. The summed E-state index contributed by atoms with van der Waals surface area (Å²) in [5.74, 6) is 1.47. The highest BCUT2D eigenvalue weighted by Crippen LogP contribution is 2.29. The summed E-state index contributed by atoms with van der Waals surface area (Å²) < 4.78 is 7.89. The fourth-order valence-electron chi connectivity index (χ4n) is 2.63. The van der Waals surface area contributed by atoms with Gasteiger partial charge in [0.1, 0.15) is 12.1 Å². The summed E-state index contributed by atoms with van der Waals surface area (Å²) in [6.07, 6.45) is 5.13. The largest absolute Gasteiger partial charge is 0.455 e. The number of amides is 1. The summed E-state index contributed by atoms with van der Waals surface area (Å²) in [4.78, 5) is 12.4. The number of para-hydroxylation sites is 3. The number of hydrogen-bond acceptors (Lipinski definition) is 5. The molecule has 1 N–H and O–H groups in total. The van der Waals surface area contributed by atoms with Gasteiger partial charge >= 0.3 is 0 Å². The van der Waals surface area contributed by atoms with Crippen molar-refractivity contribution in [1.82, 2.24) is 14.8 Å². The monoisotopic (exact) mass is 396 g/mol. The van der Waals surface area contributed by atoms with E-state index in [0.29, 0.717) is 11.4 Å². The molecule has 3 rings (SSSR count). The highest BCUT2D eigenvalue weighted by molar-refractivity contribution is 7.99. The molecule has 0 aliphatic carbocycles. The second-order valence-electron chi connectivity index (χ2n) is 6.26. The van der Waals surface area contributed by atoms with Crippen molar-refractivity contribution in [2.24, 2.45) is 0 Å². The van der Waals surface area contributed by atoms with Gasteiger partial charge in [0, 0.05) is 6.54 Å². The number of carbonyl (C=O) groups excluding carboxylic acids is 1. The van der Waals surface area contributed by atoms with Gasteiger partial charge in [-0.05, 0) is 30.7 Å². The number of unbranched alkanes of at least 4 members (excludes halogenated alkanes) is 2. The molecule has 0 aliphatic heterocycles. The molecule has 0 saturated carbocycles. The molecule has 28 heavy (non-hydrogen) atoms. The Morgan fingerprint density at radius 2 is 1.89 bits per heavy atom. The van der Waals surface area contributed by atoms with E-state index in [9.17, 15) is 4.79 Å². The molecule has 7 heteroatoms.